The number of rotatable bonds is 5. The SMILES string of the molecule is CC(CCCc1ccccc1)c1cc(O)c2c(c1)OCC1CCC(=O)CC21C. The number of carbonyl (C=O) groups excluding carboxylic acids is 1. The number of ketones is 1. The summed E-state index contributed by atoms with van der Waals surface area (Å²) in [5.74, 6) is 2.02. The zero-order valence-corrected chi connectivity index (χ0v) is 16.9. The molecule has 0 radical (unpaired) electrons. The Kier molecular flexibility index (Phi) is 5.18. The van der Waals surface area contributed by atoms with Gasteiger partial charge in [0.05, 0.1) is 6.61 Å². The van der Waals surface area contributed by atoms with Gasteiger partial charge in [-0.25, -0.2) is 0 Å². The van der Waals surface area contributed by atoms with Gasteiger partial charge in [-0.1, -0.05) is 44.2 Å². The Labute approximate surface area is 167 Å². The van der Waals surface area contributed by atoms with Gasteiger partial charge in [0.25, 0.3) is 0 Å². The minimum Gasteiger partial charge on any atom is -0.507 e. The monoisotopic (exact) mass is 378 g/mol. The van der Waals surface area contributed by atoms with E-state index in [-0.39, 0.29) is 5.41 Å². The molecule has 1 fully saturated rings. The largest absolute Gasteiger partial charge is 0.507 e. The summed E-state index contributed by atoms with van der Waals surface area (Å²) in [7, 11) is 0. The van der Waals surface area contributed by atoms with E-state index in [0.29, 0.717) is 42.8 Å². The van der Waals surface area contributed by atoms with Crippen molar-refractivity contribution in [1.29, 1.82) is 0 Å². The fourth-order valence-electron chi connectivity index (χ4n) is 5.06. The molecule has 3 unspecified atom stereocenters. The van der Waals surface area contributed by atoms with E-state index in [1.54, 1.807) is 0 Å². The molecule has 2 aromatic rings. The number of fused-ring (bicyclic) bond motifs is 3. The molecule has 148 valence electrons. The van der Waals surface area contributed by atoms with E-state index in [1.807, 2.05) is 12.1 Å². The average molecular weight is 379 g/mol. The van der Waals surface area contributed by atoms with Crippen LogP contribution in [0.2, 0.25) is 0 Å². The van der Waals surface area contributed by atoms with Crippen molar-refractivity contribution in [1.82, 2.24) is 0 Å². The Morgan fingerprint density at radius 2 is 2.04 bits per heavy atom. The highest BCUT2D eigenvalue weighted by molar-refractivity contribution is 5.82. The molecule has 3 atom stereocenters. The molecule has 28 heavy (non-hydrogen) atoms. The third-order valence-corrected chi connectivity index (χ3v) is 6.87. The van der Waals surface area contributed by atoms with E-state index in [0.717, 1.165) is 42.6 Å². The highest BCUT2D eigenvalue weighted by Gasteiger charge is 2.47. The summed E-state index contributed by atoms with van der Waals surface area (Å²) in [6.45, 7) is 4.98. The molecule has 0 spiro atoms. The summed E-state index contributed by atoms with van der Waals surface area (Å²) < 4.78 is 6.07. The van der Waals surface area contributed by atoms with Gasteiger partial charge in [-0.3, -0.25) is 4.79 Å². The van der Waals surface area contributed by atoms with Gasteiger partial charge in [0.2, 0.25) is 0 Å². The van der Waals surface area contributed by atoms with Crippen LogP contribution < -0.4 is 4.74 Å². The van der Waals surface area contributed by atoms with Gasteiger partial charge in [0.1, 0.15) is 17.3 Å². The van der Waals surface area contributed by atoms with Gasteiger partial charge in [-0.15, -0.1) is 0 Å². The molecule has 0 amide bonds. The fraction of sp³-hybridized carbons (Fsp3) is 0.480. The van der Waals surface area contributed by atoms with E-state index < -0.39 is 0 Å². The molecule has 1 aliphatic heterocycles. The first-order valence-corrected chi connectivity index (χ1v) is 10.5. The third kappa shape index (κ3) is 3.55. The Bertz CT molecular complexity index is 858. The number of carbonyl (C=O) groups is 1. The molecule has 1 aliphatic carbocycles. The van der Waals surface area contributed by atoms with Crippen LogP contribution in [0.15, 0.2) is 42.5 Å². The van der Waals surface area contributed by atoms with Crippen LogP contribution in [0.25, 0.3) is 0 Å². The quantitative estimate of drug-likeness (QED) is 0.743. The number of phenols is 1. The van der Waals surface area contributed by atoms with Crippen molar-refractivity contribution in [3.8, 4) is 11.5 Å². The molecule has 3 nitrogen and oxygen atoms in total. The van der Waals surface area contributed by atoms with Crippen molar-refractivity contribution in [3.63, 3.8) is 0 Å². The van der Waals surface area contributed by atoms with Gasteiger partial charge in [-0.2, -0.15) is 0 Å². The van der Waals surface area contributed by atoms with Crippen LogP contribution in [0.5, 0.6) is 11.5 Å². The van der Waals surface area contributed by atoms with Gasteiger partial charge in [0.15, 0.2) is 0 Å². The lowest BCUT2D eigenvalue weighted by Gasteiger charge is -2.45. The molecule has 0 saturated heterocycles. The minimum absolute atomic E-state index is 0.296. The van der Waals surface area contributed by atoms with Crippen LogP contribution in [0.3, 0.4) is 0 Å². The number of hydrogen-bond acceptors (Lipinski definition) is 3. The molecular formula is C25H30O3. The fourth-order valence-corrected chi connectivity index (χ4v) is 5.06. The van der Waals surface area contributed by atoms with E-state index in [2.05, 4.69) is 44.2 Å². The molecule has 0 aromatic heterocycles. The molecule has 0 bridgehead atoms. The zero-order valence-electron chi connectivity index (χ0n) is 16.9. The number of ether oxygens (including phenoxy) is 1. The van der Waals surface area contributed by atoms with Crippen molar-refractivity contribution in [2.45, 2.75) is 63.7 Å². The van der Waals surface area contributed by atoms with Crippen LogP contribution in [-0.4, -0.2) is 17.5 Å². The predicted molar refractivity (Wildman–Crippen MR) is 111 cm³/mol. The summed E-state index contributed by atoms with van der Waals surface area (Å²) in [6, 6.07) is 14.6. The van der Waals surface area contributed by atoms with Gasteiger partial charge in [0, 0.05) is 29.7 Å². The van der Waals surface area contributed by atoms with Crippen LogP contribution in [-0.2, 0) is 16.6 Å². The number of benzene rings is 2. The molecule has 1 N–H and O–H groups in total. The maximum absolute atomic E-state index is 12.1. The predicted octanol–water partition coefficient (Wildman–Crippen LogP) is 5.54. The van der Waals surface area contributed by atoms with Crippen molar-refractivity contribution in [3.05, 3.63) is 59.2 Å². The third-order valence-electron chi connectivity index (χ3n) is 6.87. The van der Waals surface area contributed by atoms with Crippen molar-refractivity contribution in [2.75, 3.05) is 6.61 Å². The summed E-state index contributed by atoms with van der Waals surface area (Å²) in [5, 5.41) is 10.9. The number of Topliss-reactive ketones (excluding diaryl/α,β-unsaturated/α-hetero) is 1. The Morgan fingerprint density at radius 1 is 1.25 bits per heavy atom. The molecule has 2 aromatic carbocycles. The average Bonchev–Trinajstić information content (AvgIpc) is 2.67. The van der Waals surface area contributed by atoms with Crippen LogP contribution in [0, 0.1) is 5.92 Å². The molecule has 4 rings (SSSR count). The molecular weight excluding hydrogens is 348 g/mol. The molecule has 3 heteroatoms. The van der Waals surface area contributed by atoms with Gasteiger partial charge < -0.3 is 9.84 Å². The van der Waals surface area contributed by atoms with Crippen molar-refractivity contribution < 1.29 is 14.6 Å². The maximum atomic E-state index is 12.1. The number of aryl methyl sites for hydroxylation is 1. The second-order valence-corrected chi connectivity index (χ2v) is 8.87. The second kappa shape index (κ2) is 7.62. The highest BCUT2D eigenvalue weighted by atomic mass is 16.5. The maximum Gasteiger partial charge on any atom is 0.133 e. The van der Waals surface area contributed by atoms with E-state index >= 15 is 0 Å². The Balaban J connectivity index is 1.51. The normalized spacial score (nSPS) is 24.8. The lowest BCUT2D eigenvalue weighted by Crippen LogP contribution is -2.44. The number of aromatic hydroxyl groups is 1. The molecule has 1 saturated carbocycles. The lowest BCUT2D eigenvalue weighted by molar-refractivity contribution is -0.124. The first kappa shape index (κ1) is 19.0. The van der Waals surface area contributed by atoms with E-state index in [1.165, 1.54) is 5.56 Å². The van der Waals surface area contributed by atoms with Crippen molar-refractivity contribution >= 4 is 5.78 Å². The number of phenolic OH excluding ortho intramolecular Hbond substituents is 1. The van der Waals surface area contributed by atoms with Crippen LogP contribution in [0.1, 0.15) is 68.6 Å². The smallest absolute Gasteiger partial charge is 0.133 e. The Hall–Kier alpha value is -2.29. The first-order chi connectivity index (χ1) is 13.5. The Morgan fingerprint density at radius 3 is 2.82 bits per heavy atom. The van der Waals surface area contributed by atoms with Crippen molar-refractivity contribution in [2.24, 2.45) is 5.92 Å². The minimum atomic E-state index is -0.303. The summed E-state index contributed by atoms with van der Waals surface area (Å²) in [5.41, 5.74) is 3.03. The highest BCUT2D eigenvalue weighted by Crippen LogP contribution is 2.53. The lowest BCUT2D eigenvalue weighted by atomic mass is 9.62. The second-order valence-electron chi connectivity index (χ2n) is 8.87. The summed E-state index contributed by atoms with van der Waals surface area (Å²) in [4.78, 5) is 12.1. The molecule has 2 aliphatic rings. The van der Waals surface area contributed by atoms with Gasteiger partial charge >= 0.3 is 0 Å². The van der Waals surface area contributed by atoms with E-state index in [4.69, 9.17) is 4.74 Å². The number of hydrogen-bond donors (Lipinski definition) is 1. The van der Waals surface area contributed by atoms with Crippen LogP contribution >= 0.6 is 0 Å². The first-order valence-electron chi connectivity index (χ1n) is 10.5. The summed E-state index contributed by atoms with van der Waals surface area (Å²) in [6.07, 6.45) is 5.24. The zero-order chi connectivity index (χ0) is 19.7. The van der Waals surface area contributed by atoms with Crippen LogP contribution in [0.4, 0.5) is 0 Å². The topological polar surface area (TPSA) is 46.5 Å². The summed E-state index contributed by atoms with van der Waals surface area (Å²) >= 11 is 0. The molecule has 1 heterocycles. The van der Waals surface area contributed by atoms with E-state index in [9.17, 15) is 9.90 Å². The van der Waals surface area contributed by atoms with Gasteiger partial charge in [-0.05, 0) is 54.9 Å². The standard InChI is InChI=1S/C25H30O3/c1-17(7-6-10-18-8-4-3-5-9-18)19-13-22(27)24-23(14-19)28-16-20-11-12-21(26)15-25(20,24)2/h3-5,8-9,13-14,17,20,27H,6-7,10-12,15-16H2,1-2H3.